The topological polar surface area (TPSA) is 63.8 Å². The number of anilines is 1. The van der Waals surface area contributed by atoms with Crippen molar-refractivity contribution < 1.29 is 0 Å². The lowest BCUT2D eigenvalue weighted by Crippen LogP contribution is -2.45. The minimum Gasteiger partial charge on any atom is -0.362 e. The van der Waals surface area contributed by atoms with E-state index in [0.717, 1.165) is 22.5 Å². The van der Waals surface area contributed by atoms with Gasteiger partial charge in [0.2, 0.25) is 0 Å². The maximum absolute atomic E-state index is 5.95. The number of nitrogens with one attached hydrogen (secondary N) is 1. The first kappa shape index (κ1) is 12.4. The van der Waals surface area contributed by atoms with Crippen LogP contribution < -0.4 is 11.1 Å². The van der Waals surface area contributed by atoms with Gasteiger partial charge in [0, 0.05) is 6.54 Å². The molecule has 0 saturated heterocycles. The Hall–Kier alpha value is -1.68. The summed E-state index contributed by atoms with van der Waals surface area (Å²) in [6, 6.07) is 7.95. The smallest absolute Gasteiger partial charge is 0.148 e. The summed E-state index contributed by atoms with van der Waals surface area (Å²) in [5.74, 6) is 1.52. The zero-order valence-corrected chi connectivity index (χ0v) is 11.5. The molecule has 1 aliphatic rings. The van der Waals surface area contributed by atoms with E-state index in [-0.39, 0.29) is 5.54 Å². The minimum atomic E-state index is -0.0676. The average molecular weight is 256 g/mol. The zero-order valence-electron chi connectivity index (χ0n) is 11.5. The Morgan fingerprint density at radius 2 is 1.89 bits per heavy atom. The van der Waals surface area contributed by atoms with Crippen molar-refractivity contribution in [2.75, 3.05) is 11.9 Å². The fourth-order valence-electron chi connectivity index (χ4n) is 2.52. The number of hydrogen-bond acceptors (Lipinski definition) is 4. The van der Waals surface area contributed by atoms with Gasteiger partial charge in [0.15, 0.2) is 0 Å². The van der Waals surface area contributed by atoms with E-state index >= 15 is 0 Å². The summed E-state index contributed by atoms with van der Waals surface area (Å²) in [7, 11) is 0. The van der Waals surface area contributed by atoms with Crippen molar-refractivity contribution in [2.45, 2.75) is 32.2 Å². The molecular formula is C15H20N4. The Labute approximate surface area is 113 Å². The SMILES string of the molecule is Cc1nc2ccccc2nc1NC(C)(CN)C1CC1. The van der Waals surface area contributed by atoms with Gasteiger partial charge in [0.1, 0.15) is 5.82 Å². The Bertz CT molecular complexity index is 606. The molecule has 0 spiro atoms. The molecule has 1 heterocycles. The quantitative estimate of drug-likeness (QED) is 0.882. The first-order valence-electron chi connectivity index (χ1n) is 6.84. The predicted molar refractivity (Wildman–Crippen MR) is 78.1 cm³/mol. The molecule has 0 aliphatic heterocycles. The van der Waals surface area contributed by atoms with E-state index in [4.69, 9.17) is 5.73 Å². The second kappa shape index (κ2) is 4.46. The summed E-state index contributed by atoms with van der Waals surface area (Å²) < 4.78 is 0. The fraction of sp³-hybridized carbons (Fsp3) is 0.467. The monoisotopic (exact) mass is 256 g/mol. The van der Waals surface area contributed by atoms with Crippen LogP contribution in [0.15, 0.2) is 24.3 Å². The van der Waals surface area contributed by atoms with Gasteiger partial charge in [-0.05, 0) is 44.7 Å². The van der Waals surface area contributed by atoms with Gasteiger partial charge in [-0.1, -0.05) is 12.1 Å². The fourth-order valence-corrected chi connectivity index (χ4v) is 2.52. The number of rotatable bonds is 4. The summed E-state index contributed by atoms with van der Waals surface area (Å²) in [4.78, 5) is 9.30. The van der Waals surface area contributed by atoms with Crippen LogP contribution in [0.5, 0.6) is 0 Å². The van der Waals surface area contributed by atoms with Crippen molar-refractivity contribution in [2.24, 2.45) is 11.7 Å². The lowest BCUT2D eigenvalue weighted by Gasteiger charge is -2.30. The third-order valence-corrected chi connectivity index (χ3v) is 4.05. The third kappa shape index (κ3) is 2.28. The molecule has 1 fully saturated rings. The second-order valence-electron chi connectivity index (χ2n) is 5.67. The molecule has 0 bridgehead atoms. The first-order valence-corrected chi connectivity index (χ1v) is 6.84. The first-order chi connectivity index (χ1) is 9.12. The molecule has 3 rings (SSSR count). The molecular weight excluding hydrogens is 236 g/mol. The van der Waals surface area contributed by atoms with Crippen LogP contribution in [0.25, 0.3) is 11.0 Å². The maximum atomic E-state index is 5.95. The van der Waals surface area contributed by atoms with Crippen molar-refractivity contribution in [3.63, 3.8) is 0 Å². The van der Waals surface area contributed by atoms with Crippen LogP contribution in [0, 0.1) is 12.8 Å². The van der Waals surface area contributed by atoms with Crippen LogP contribution >= 0.6 is 0 Å². The molecule has 100 valence electrons. The highest BCUT2D eigenvalue weighted by atomic mass is 15.1. The lowest BCUT2D eigenvalue weighted by atomic mass is 9.96. The highest BCUT2D eigenvalue weighted by molar-refractivity contribution is 5.76. The number of hydrogen-bond donors (Lipinski definition) is 2. The molecule has 1 aliphatic carbocycles. The Morgan fingerprint density at radius 1 is 1.26 bits per heavy atom. The predicted octanol–water partition coefficient (Wildman–Crippen LogP) is 2.48. The van der Waals surface area contributed by atoms with Crippen LogP contribution in [-0.4, -0.2) is 22.1 Å². The van der Waals surface area contributed by atoms with Gasteiger partial charge in [0.25, 0.3) is 0 Å². The lowest BCUT2D eigenvalue weighted by molar-refractivity contribution is 0.457. The molecule has 1 aromatic heterocycles. The van der Waals surface area contributed by atoms with Gasteiger partial charge in [-0.25, -0.2) is 9.97 Å². The van der Waals surface area contributed by atoms with Crippen LogP contribution in [0.3, 0.4) is 0 Å². The molecule has 2 aromatic rings. The van der Waals surface area contributed by atoms with Crippen LogP contribution in [0.4, 0.5) is 5.82 Å². The van der Waals surface area contributed by atoms with Crippen molar-refractivity contribution in [3.8, 4) is 0 Å². The normalized spacial score (nSPS) is 18.3. The van der Waals surface area contributed by atoms with Crippen LogP contribution in [0.1, 0.15) is 25.5 Å². The largest absolute Gasteiger partial charge is 0.362 e. The van der Waals surface area contributed by atoms with Gasteiger partial charge in [-0.2, -0.15) is 0 Å². The van der Waals surface area contributed by atoms with Gasteiger partial charge in [-0.3, -0.25) is 0 Å². The summed E-state index contributed by atoms with van der Waals surface area (Å²) in [5.41, 5.74) is 8.67. The number of para-hydroxylation sites is 2. The number of aromatic nitrogens is 2. The van der Waals surface area contributed by atoms with Crippen molar-refractivity contribution >= 4 is 16.9 Å². The second-order valence-corrected chi connectivity index (χ2v) is 5.67. The van der Waals surface area contributed by atoms with Crippen LogP contribution in [0.2, 0.25) is 0 Å². The van der Waals surface area contributed by atoms with E-state index in [1.165, 1.54) is 12.8 Å². The van der Waals surface area contributed by atoms with Crippen LogP contribution in [-0.2, 0) is 0 Å². The molecule has 1 saturated carbocycles. The van der Waals surface area contributed by atoms with Gasteiger partial charge >= 0.3 is 0 Å². The Balaban J connectivity index is 1.98. The highest BCUT2D eigenvalue weighted by Crippen LogP contribution is 2.41. The summed E-state index contributed by atoms with van der Waals surface area (Å²) >= 11 is 0. The Kier molecular flexibility index (Phi) is 2.90. The number of fused-ring (bicyclic) bond motifs is 1. The van der Waals surface area contributed by atoms with E-state index in [1.807, 2.05) is 31.2 Å². The Morgan fingerprint density at radius 3 is 2.47 bits per heavy atom. The van der Waals surface area contributed by atoms with E-state index < -0.39 is 0 Å². The number of aryl methyl sites for hydroxylation is 1. The molecule has 1 aromatic carbocycles. The number of nitrogens with two attached hydrogens (primary N) is 1. The molecule has 19 heavy (non-hydrogen) atoms. The van der Waals surface area contributed by atoms with E-state index in [1.54, 1.807) is 0 Å². The summed E-state index contributed by atoms with van der Waals surface area (Å²) in [6.07, 6.45) is 2.50. The highest BCUT2D eigenvalue weighted by Gasteiger charge is 2.41. The van der Waals surface area contributed by atoms with Gasteiger partial charge < -0.3 is 11.1 Å². The van der Waals surface area contributed by atoms with Crippen molar-refractivity contribution in [1.29, 1.82) is 0 Å². The molecule has 4 heteroatoms. The summed E-state index contributed by atoms with van der Waals surface area (Å²) in [6.45, 7) is 4.79. The number of nitrogens with zero attached hydrogens (tertiary/aromatic N) is 2. The van der Waals surface area contributed by atoms with Crippen molar-refractivity contribution in [1.82, 2.24) is 9.97 Å². The standard InChI is InChI=1S/C15H20N4/c1-10-14(19-15(2,9-16)11-7-8-11)18-13-6-4-3-5-12(13)17-10/h3-6,11H,7-9,16H2,1-2H3,(H,18,19). The maximum Gasteiger partial charge on any atom is 0.148 e. The number of benzene rings is 1. The van der Waals surface area contributed by atoms with Gasteiger partial charge in [0.05, 0.1) is 22.3 Å². The molecule has 4 nitrogen and oxygen atoms in total. The van der Waals surface area contributed by atoms with E-state index in [0.29, 0.717) is 12.5 Å². The van der Waals surface area contributed by atoms with E-state index in [2.05, 4.69) is 22.2 Å². The molecule has 0 amide bonds. The molecule has 1 unspecified atom stereocenters. The average Bonchev–Trinajstić information content (AvgIpc) is 3.24. The zero-order chi connectivity index (χ0) is 13.5. The van der Waals surface area contributed by atoms with E-state index in [9.17, 15) is 0 Å². The van der Waals surface area contributed by atoms with Gasteiger partial charge in [-0.15, -0.1) is 0 Å². The molecule has 3 N–H and O–H groups in total. The molecule has 1 atom stereocenters. The summed E-state index contributed by atoms with van der Waals surface area (Å²) in [5, 5.41) is 3.53. The minimum absolute atomic E-state index is 0.0676. The third-order valence-electron chi connectivity index (χ3n) is 4.05. The molecule has 0 radical (unpaired) electrons. The van der Waals surface area contributed by atoms with Crippen molar-refractivity contribution in [3.05, 3.63) is 30.0 Å².